The van der Waals surface area contributed by atoms with E-state index in [1.807, 2.05) is 25.1 Å². The van der Waals surface area contributed by atoms with E-state index in [0.717, 1.165) is 5.56 Å². The molecular weight excluding hydrogens is 150 g/mol. The lowest BCUT2D eigenvalue weighted by Gasteiger charge is -2.10. The van der Waals surface area contributed by atoms with Gasteiger partial charge in [0.1, 0.15) is 0 Å². The summed E-state index contributed by atoms with van der Waals surface area (Å²) in [6.45, 7) is 1.91. The van der Waals surface area contributed by atoms with Crippen LogP contribution in [-0.4, -0.2) is 0 Å². The van der Waals surface area contributed by atoms with Crippen LogP contribution in [0.15, 0.2) is 24.3 Å². The van der Waals surface area contributed by atoms with E-state index in [1.165, 1.54) is 0 Å². The number of hydrazine groups is 1. The summed E-state index contributed by atoms with van der Waals surface area (Å²) in [6, 6.07) is 9.53. The molecule has 0 bridgehead atoms. The zero-order valence-corrected chi connectivity index (χ0v) is 6.91. The van der Waals surface area contributed by atoms with Gasteiger partial charge < -0.3 is 0 Å². The Morgan fingerprint density at radius 2 is 2.17 bits per heavy atom. The molecule has 0 aliphatic carbocycles. The molecule has 1 atom stereocenters. The Morgan fingerprint density at radius 1 is 1.50 bits per heavy atom. The molecule has 0 saturated heterocycles. The molecule has 0 saturated carbocycles. The predicted molar refractivity (Wildman–Crippen MR) is 46.9 cm³/mol. The minimum atomic E-state index is 0.0147. The molecule has 0 fully saturated rings. The number of hydrogen-bond donors (Lipinski definition) is 2. The topological polar surface area (TPSA) is 61.8 Å². The Hall–Kier alpha value is -1.37. The van der Waals surface area contributed by atoms with E-state index >= 15 is 0 Å². The summed E-state index contributed by atoms with van der Waals surface area (Å²) < 4.78 is 0. The third-order valence-corrected chi connectivity index (χ3v) is 1.80. The Morgan fingerprint density at radius 3 is 2.75 bits per heavy atom. The van der Waals surface area contributed by atoms with Gasteiger partial charge >= 0.3 is 0 Å². The molecule has 3 heteroatoms. The van der Waals surface area contributed by atoms with E-state index < -0.39 is 0 Å². The fourth-order valence-electron chi connectivity index (χ4n) is 1.07. The van der Waals surface area contributed by atoms with Crippen LogP contribution in [0.25, 0.3) is 0 Å². The van der Waals surface area contributed by atoms with Gasteiger partial charge in [-0.15, -0.1) is 0 Å². The number of rotatable bonds is 2. The molecule has 1 aromatic carbocycles. The third-order valence-electron chi connectivity index (χ3n) is 1.80. The maximum atomic E-state index is 8.74. The predicted octanol–water partition coefficient (Wildman–Crippen LogP) is 1.08. The minimum absolute atomic E-state index is 0.0147. The van der Waals surface area contributed by atoms with E-state index in [-0.39, 0.29) is 6.04 Å². The van der Waals surface area contributed by atoms with Crippen LogP contribution >= 0.6 is 0 Å². The first kappa shape index (κ1) is 8.72. The van der Waals surface area contributed by atoms with Crippen molar-refractivity contribution in [2.75, 3.05) is 0 Å². The summed E-state index contributed by atoms with van der Waals surface area (Å²) in [7, 11) is 0. The largest absolute Gasteiger partial charge is 0.271 e. The Balaban J connectivity index is 3.07. The number of nitrogens with two attached hydrogens (primary N) is 1. The highest BCUT2D eigenvalue weighted by molar-refractivity contribution is 5.38. The minimum Gasteiger partial charge on any atom is -0.271 e. The van der Waals surface area contributed by atoms with Crippen molar-refractivity contribution in [1.82, 2.24) is 5.43 Å². The molecule has 1 aromatic rings. The Kier molecular flexibility index (Phi) is 2.81. The van der Waals surface area contributed by atoms with E-state index in [1.54, 1.807) is 6.07 Å². The number of benzene rings is 1. The van der Waals surface area contributed by atoms with Crippen molar-refractivity contribution in [3.63, 3.8) is 0 Å². The summed E-state index contributed by atoms with van der Waals surface area (Å²) in [5, 5.41) is 8.74. The average molecular weight is 161 g/mol. The summed E-state index contributed by atoms with van der Waals surface area (Å²) in [5.74, 6) is 5.27. The molecule has 0 spiro atoms. The second-order valence-electron chi connectivity index (χ2n) is 2.59. The van der Waals surface area contributed by atoms with E-state index in [0.29, 0.717) is 5.56 Å². The van der Waals surface area contributed by atoms with Crippen LogP contribution in [0.4, 0.5) is 0 Å². The van der Waals surface area contributed by atoms with E-state index in [9.17, 15) is 0 Å². The van der Waals surface area contributed by atoms with Crippen LogP contribution in [0.5, 0.6) is 0 Å². The number of hydrogen-bond acceptors (Lipinski definition) is 3. The van der Waals surface area contributed by atoms with Gasteiger partial charge in [0.2, 0.25) is 0 Å². The van der Waals surface area contributed by atoms with Gasteiger partial charge in [-0.1, -0.05) is 18.2 Å². The van der Waals surface area contributed by atoms with Crippen molar-refractivity contribution < 1.29 is 0 Å². The van der Waals surface area contributed by atoms with Crippen molar-refractivity contribution in [3.8, 4) is 6.07 Å². The number of nitriles is 1. The molecular formula is C9H11N3. The van der Waals surface area contributed by atoms with Crippen molar-refractivity contribution in [1.29, 1.82) is 5.26 Å². The lowest BCUT2D eigenvalue weighted by Crippen LogP contribution is -2.26. The van der Waals surface area contributed by atoms with Gasteiger partial charge in [-0.3, -0.25) is 11.3 Å². The average Bonchev–Trinajstić information content (AvgIpc) is 2.16. The molecule has 0 heterocycles. The van der Waals surface area contributed by atoms with Crippen LogP contribution in [0.2, 0.25) is 0 Å². The second kappa shape index (κ2) is 3.86. The molecule has 0 amide bonds. The Labute approximate surface area is 71.8 Å². The smallest absolute Gasteiger partial charge is 0.0995 e. The first-order valence-corrected chi connectivity index (χ1v) is 3.74. The maximum Gasteiger partial charge on any atom is 0.0995 e. The van der Waals surface area contributed by atoms with Crippen molar-refractivity contribution >= 4 is 0 Å². The van der Waals surface area contributed by atoms with Gasteiger partial charge in [0.05, 0.1) is 11.6 Å². The molecule has 12 heavy (non-hydrogen) atoms. The van der Waals surface area contributed by atoms with Gasteiger partial charge in [-0.25, -0.2) is 0 Å². The quantitative estimate of drug-likeness (QED) is 0.504. The lowest BCUT2D eigenvalue weighted by atomic mass is 10.0. The molecule has 0 radical (unpaired) electrons. The highest BCUT2D eigenvalue weighted by Gasteiger charge is 2.06. The first-order valence-electron chi connectivity index (χ1n) is 3.74. The van der Waals surface area contributed by atoms with Gasteiger partial charge in [0.25, 0.3) is 0 Å². The number of nitrogens with one attached hydrogen (secondary N) is 1. The second-order valence-corrected chi connectivity index (χ2v) is 2.59. The van der Waals surface area contributed by atoms with Crippen molar-refractivity contribution in [2.45, 2.75) is 13.0 Å². The summed E-state index contributed by atoms with van der Waals surface area (Å²) in [6.07, 6.45) is 0. The summed E-state index contributed by atoms with van der Waals surface area (Å²) in [5.41, 5.74) is 4.21. The van der Waals surface area contributed by atoms with Gasteiger partial charge in [-0.05, 0) is 18.6 Å². The van der Waals surface area contributed by atoms with Crippen LogP contribution < -0.4 is 11.3 Å². The zero-order valence-electron chi connectivity index (χ0n) is 6.91. The lowest BCUT2D eigenvalue weighted by molar-refractivity contribution is 0.601. The van der Waals surface area contributed by atoms with Gasteiger partial charge in [-0.2, -0.15) is 5.26 Å². The highest BCUT2D eigenvalue weighted by Crippen LogP contribution is 2.15. The van der Waals surface area contributed by atoms with Gasteiger partial charge in [0.15, 0.2) is 0 Å². The summed E-state index contributed by atoms with van der Waals surface area (Å²) in [4.78, 5) is 0. The summed E-state index contributed by atoms with van der Waals surface area (Å²) >= 11 is 0. The fraction of sp³-hybridized carbons (Fsp3) is 0.222. The Bertz CT molecular complexity index is 301. The van der Waals surface area contributed by atoms with E-state index in [2.05, 4.69) is 11.5 Å². The SMILES string of the molecule is CC(NN)c1ccccc1C#N. The van der Waals surface area contributed by atoms with Crippen LogP contribution in [-0.2, 0) is 0 Å². The molecule has 0 aliphatic rings. The normalized spacial score (nSPS) is 12.1. The van der Waals surface area contributed by atoms with E-state index in [4.69, 9.17) is 11.1 Å². The monoisotopic (exact) mass is 161 g/mol. The molecule has 3 nitrogen and oxygen atoms in total. The fourth-order valence-corrected chi connectivity index (χ4v) is 1.07. The molecule has 3 N–H and O–H groups in total. The van der Waals surface area contributed by atoms with Crippen LogP contribution in [0, 0.1) is 11.3 Å². The molecule has 62 valence electrons. The molecule has 1 unspecified atom stereocenters. The third kappa shape index (κ3) is 1.62. The van der Waals surface area contributed by atoms with Crippen LogP contribution in [0.1, 0.15) is 24.1 Å². The maximum absolute atomic E-state index is 8.74. The van der Waals surface area contributed by atoms with Crippen molar-refractivity contribution in [2.24, 2.45) is 5.84 Å². The molecule has 1 rings (SSSR count). The highest BCUT2D eigenvalue weighted by atomic mass is 15.2. The zero-order chi connectivity index (χ0) is 8.97. The number of nitrogens with zero attached hydrogens (tertiary/aromatic N) is 1. The van der Waals surface area contributed by atoms with Crippen molar-refractivity contribution in [3.05, 3.63) is 35.4 Å². The van der Waals surface area contributed by atoms with Crippen LogP contribution in [0.3, 0.4) is 0 Å². The van der Waals surface area contributed by atoms with Gasteiger partial charge in [0, 0.05) is 6.04 Å². The standard InChI is InChI=1S/C9H11N3/c1-7(12-11)9-5-3-2-4-8(9)6-10/h2-5,7,12H,11H2,1H3. The molecule has 0 aliphatic heterocycles. The first-order chi connectivity index (χ1) is 5.79. The molecule has 0 aromatic heterocycles.